The van der Waals surface area contributed by atoms with E-state index in [9.17, 15) is 9.59 Å². The second-order valence-corrected chi connectivity index (χ2v) is 7.28. The van der Waals surface area contributed by atoms with Gasteiger partial charge in [0.1, 0.15) is 0 Å². The Bertz CT molecular complexity index is 517. The summed E-state index contributed by atoms with van der Waals surface area (Å²) in [4.78, 5) is 21.8. The molecule has 1 rings (SSSR count). The molecule has 8 heteroatoms. The molecule has 4 N–H and O–H groups in total. The lowest BCUT2D eigenvalue weighted by Gasteiger charge is -2.19. The van der Waals surface area contributed by atoms with Crippen LogP contribution < -0.4 is 5.73 Å². The van der Waals surface area contributed by atoms with Crippen molar-refractivity contribution in [1.29, 1.82) is 0 Å². The summed E-state index contributed by atoms with van der Waals surface area (Å²) < 4.78 is 2.45. The molecule has 0 radical (unpaired) electrons. The first-order chi connectivity index (χ1) is 8.73. The third-order valence-corrected chi connectivity index (χ3v) is 5.44. The summed E-state index contributed by atoms with van der Waals surface area (Å²) in [6, 6.07) is 1.84. The number of carboxylic acid groups (broad SMARTS) is 2. The van der Waals surface area contributed by atoms with E-state index in [-0.39, 0.29) is 12.8 Å². The number of nitrogen functional groups attached to an aromatic ring is 1. The van der Waals surface area contributed by atoms with Gasteiger partial charge in [0.25, 0.3) is 0 Å². The normalized spacial score (nSPS) is 10.7. The maximum absolute atomic E-state index is 10.9. The fourth-order valence-electron chi connectivity index (χ4n) is 1.69. The van der Waals surface area contributed by atoms with Crippen LogP contribution in [0.1, 0.15) is 24.3 Å². The topological polar surface area (TPSA) is 101 Å². The number of anilines is 1. The van der Waals surface area contributed by atoms with Gasteiger partial charge in [0, 0.05) is 16.6 Å². The summed E-state index contributed by atoms with van der Waals surface area (Å²) in [5, 5.41) is 17.9. The summed E-state index contributed by atoms with van der Waals surface area (Å²) in [7, 11) is 0. The largest absolute Gasteiger partial charge is 0.481 e. The molecule has 0 aliphatic heterocycles. The van der Waals surface area contributed by atoms with Gasteiger partial charge in [0.2, 0.25) is 0 Å². The highest BCUT2D eigenvalue weighted by Crippen LogP contribution is 2.37. The number of hydrogen-bond acceptors (Lipinski definition) is 3. The molecule has 0 saturated heterocycles. The van der Waals surface area contributed by atoms with Crippen molar-refractivity contribution in [3.8, 4) is 0 Å². The Balaban J connectivity index is 3.32. The Morgan fingerprint density at radius 3 is 2.00 bits per heavy atom. The minimum Gasteiger partial charge on any atom is -0.481 e. The lowest BCUT2D eigenvalue weighted by Crippen LogP contribution is -2.15. The lowest BCUT2D eigenvalue weighted by atomic mass is 9.92. The van der Waals surface area contributed by atoms with Crippen LogP contribution in [0.3, 0.4) is 0 Å². The number of nitrogens with two attached hydrogens (primary N) is 1. The molecule has 0 heterocycles. The number of carbonyl (C=O) groups is 2. The molecule has 5 nitrogen and oxygen atoms in total. The Kier molecular flexibility index (Phi) is 6.56. The van der Waals surface area contributed by atoms with Gasteiger partial charge in [0.15, 0.2) is 0 Å². The molecule has 0 fully saturated rings. The average molecular weight is 601 g/mol. The van der Waals surface area contributed by atoms with Crippen molar-refractivity contribution in [3.63, 3.8) is 0 Å². The first-order valence-electron chi connectivity index (χ1n) is 5.10. The SMILES string of the molecule is Nc1c(I)cc(I)c(C(CC(=O)O)CC(=O)O)c1I. The molecule has 1 aromatic rings. The summed E-state index contributed by atoms with van der Waals surface area (Å²) >= 11 is 6.23. The zero-order chi connectivity index (χ0) is 14.7. The van der Waals surface area contributed by atoms with Gasteiger partial charge < -0.3 is 15.9 Å². The number of rotatable bonds is 5. The number of benzene rings is 1. The molecular weight excluding hydrogens is 591 g/mol. The quantitative estimate of drug-likeness (QED) is 0.356. The molecule has 0 aliphatic carbocycles. The molecule has 0 aliphatic rings. The highest BCUT2D eigenvalue weighted by molar-refractivity contribution is 14.1. The van der Waals surface area contributed by atoms with Crippen molar-refractivity contribution in [2.45, 2.75) is 18.8 Å². The first kappa shape index (κ1) is 17.2. The summed E-state index contributed by atoms with van der Waals surface area (Å²) in [5.41, 5.74) is 7.22. The Labute approximate surface area is 150 Å². The van der Waals surface area contributed by atoms with Gasteiger partial charge in [-0.3, -0.25) is 9.59 Å². The van der Waals surface area contributed by atoms with Gasteiger partial charge in [-0.15, -0.1) is 0 Å². The predicted octanol–water partition coefficient (Wildman–Crippen LogP) is 3.12. The van der Waals surface area contributed by atoms with Crippen LogP contribution in [-0.4, -0.2) is 22.2 Å². The fraction of sp³-hybridized carbons (Fsp3) is 0.273. The smallest absolute Gasteiger partial charge is 0.303 e. The maximum atomic E-state index is 10.9. The monoisotopic (exact) mass is 601 g/mol. The third-order valence-electron chi connectivity index (χ3n) is 2.49. The zero-order valence-corrected chi connectivity index (χ0v) is 16.0. The fourth-order valence-corrected chi connectivity index (χ4v) is 5.95. The number of carboxylic acids is 2. The van der Waals surface area contributed by atoms with E-state index in [0.29, 0.717) is 11.3 Å². The van der Waals surface area contributed by atoms with E-state index < -0.39 is 17.9 Å². The molecule has 0 saturated carbocycles. The van der Waals surface area contributed by atoms with Gasteiger partial charge >= 0.3 is 11.9 Å². The average Bonchev–Trinajstić information content (AvgIpc) is 2.24. The molecule has 1 aromatic carbocycles. The number of aliphatic carboxylic acids is 2. The molecule has 19 heavy (non-hydrogen) atoms. The maximum Gasteiger partial charge on any atom is 0.303 e. The van der Waals surface area contributed by atoms with Crippen LogP contribution in [0.15, 0.2) is 6.07 Å². The van der Waals surface area contributed by atoms with E-state index in [1.165, 1.54) is 0 Å². The van der Waals surface area contributed by atoms with Gasteiger partial charge in [0.05, 0.1) is 18.5 Å². The first-order valence-corrected chi connectivity index (χ1v) is 8.34. The molecular formula is C11H10I3NO4. The Hall–Kier alpha value is 0.150. The molecule has 104 valence electrons. The zero-order valence-electron chi connectivity index (χ0n) is 9.49. The minimum absolute atomic E-state index is 0.224. The number of halogens is 3. The van der Waals surface area contributed by atoms with Crippen LogP contribution in [0, 0.1) is 10.7 Å². The predicted molar refractivity (Wildman–Crippen MR) is 96.3 cm³/mol. The molecule has 0 spiro atoms. The van der Waals surface area contributed by atoms with Crippen molar-refractivity contribution in [3.05, 3.63) is 22.3 Å². The molecule has 0 bridgehead atoms. The van der Waals surface area contributed by atoms with Crippen molar-refractivity contribution >= 4 is 85.4 Å². The van der Waals surface area contributed by atoms with E-state index in [1.54, 1.807) is 0 Å². The molecule has 0 amide bonds. The van der Waals surface area contributed by atoms with Crippen LogP contribution in [0.4, 0.5) is 5.69 Å². The van der Waals surface area contributed by atoms with Crippen LogP contribution in [0.25, 0.3) is 0 Å². The van der Waals surface area contributed by atoms with Crippen LogP contribution in [0.5, 0.6) is 0 Å². The van der Waals surface area contributed by atoms with Crippen LogP contribution in [0.2, 0.25) is 0 Å². The minimum atomic E-state index is -1.02. The van der Waals surface area contributed by atoms with E-state index in [2.05, 4.69) is 45.2 Å². The summed E-state index contributed by atoms with van der Waals surface area (Å²) in [6.07, 6.45) is -0.448. The van der Waals surface area contributed by atoms with Crippen LogP contribution >= 0.6 is 67.8 Å². The summed E-state index contributed by atoms with van der Waals surface area (Å²) in [6.45, 7) is 0. The van der Waals surface area contributed by atoms with Crippen molar-refractivity contribution in [2.24, 2.45) is 0 Å². The Morgan fingerprint density at radius 2 is 1.58 bits per heavy atom. The van der Waals surface area contributed by atoms with E-state index in [0.717, 1.165) is 10.7 Å². The van der Waals surface area contributed by atoms with Gasteiger partial charge in [-0.25, -0.2) is 0 Å². The van der Waals surface area contributed by atoms with Crippen molar-refractivity contribution in [2.75, 3.05) is 5.73 Å². The van der Waals surface area contributed by atoms with E-state index in [4.69, 9.17) is 15.9 Å². The van der Waals surface area contributed by atoms with Gasteiger partial charge in [-0.2, -0.15) is 0 Å². The molecule has 0 atom stereocenters. The number of hydrogen-bond donors (Lipinski definition) is 3. The van der Waals surface area contributed by atoms with Gasteiger partial charge in [-0.05, 0) is 79.4 Å². The second-order valence-electron chi connectivity index (χ2n) is 3.87. The van der Waals surface area contributed by atoms with Gasteiger partial charge in [-0.1, -0.05) is 0 Å². The lowest BCUT2D eigenvalue weighted by molar-refractivity contribution is -0.139. The molecule has 0 aromatic heterocycles. The van der Waals surface area contributed by atoms with Crippen molar-refractivity contribution < 1.29 is 19.8 Å². The van der Waals surface area contributed by atoms with E-state index in [1.807, 2.05) is 28.7 Å². The van der Waals surface area contributed by atoms with E-state index >= 15 is 0 Å². The van der Waals surface area contributed by atoms with Crippen LogP contribution in [-0.2, 0) is 9.59 Å². The highest BCUT2D eigenvalue weighted by atomic mass is 127. The highest BCUT2D eigenvalue weighted by Gasteiger charge is 2.25. The second kappa shape index (κ2) is 7.24. The molecule has 0 unspecified atom stereocenters. The standard InChI is InChI=1S/C11H10I3NO4/c12-5-3-6(13)11(15)10(14)9(5)4(1-7(16)17)2-8(18)19/h3-4H,1-2,15H2,(H,16,17)(H,18,19). The Morgan fingerprint density at radius 1 is 1.11 bits per heavy atom. The van der Waals surface area contributed by atoms with Crippen molar-refractivity contribution in [1.82, 2.24) is 0 Å². The third kappa shape index (κ3) is 4.58. The summed E-state index contributed by atoms with van der Waals surface area (Å²) in [5.74, 6) is -2.61.